The van der Waals surface area contributed by atoms with Crippen LogP contribution in [0.3, 0.4) is 0 Å². The molecule has 0 saturated carbocycles. The Balaban J connectivity index is -0.000000857. The minimum absolute atomic E-state index is 0.0583. The molecule has 4 aromatic rings. The van der Waals surface area contributed by atoms with Gasteiger partial charge >= 0.3 is 0 Å². The Kier molecular flexibility index (Phi) is 48.4. The van der Waals surface area contributed by atoms with Gasteiger partial charge < -0.3 is 14.9 Å². The van der Waals surface area contributed by atoms with Crippen LogP contribution in [0, 0.1) is 0 Å². The molecule has 0 unspecified atom stereocenters. The molecule has 0 aliphatic carbocycles. The number of para-hydroxylation sites is 3. The normalized spacial score (nSPS) is 9.63. The number of methoxy groups -OCH3 is 1. The van der Waals surface area contributed by atoms with Crippen LogP contribution in [0.2, 0.25) is 0 Å². The summed E-state index contributed by atoms with van der Waals surface area (Å²) in [6.07, 6.45) is 31.4. The van der Waals surface area contributed by atoms with Crippen molar-refractivity contribution in [3.8, 4) is 51.4 Å². The van der Waals surface area contributed by atoms with Crippen LogP contribution in [0.15, 0.2) is 72.8 Å². The highest BCUT2D eigenvalue weighted by molar-refractivity contribution is 5.73. The van der Waals surface area contributed by atoms with Gasteiger partial charge in [0.15, 0.2) is 17.5 Å². The molecule has 2 N–H and O–H groups in total. The molecule has 354 valence electrons. The fourth-order valence-corrected chi connectivity index (χ4v) is 6.01. The summed E-state index contributed by atoms with van der Waals surface area (Å²) >= 11 is 0. The van der Waals surface area contributed by atoms with Crippen LogP contribution >= 0.6 is 0 Å². The average molecular weight is 860 g/mol. The average Bonchev–Trinajstić information content (AvgIpc) is 3.30. The molecule has 0 spiro atoms. The largest absolute Gasteiger partial charge is 0.507 e. The van der Waals surface area contributed by atoms with E-state index in [4.69, 9.17) is 4.74 Å². The fraction of sp³-hybridized carbons (Fsp3) is 0.625. The van der Waals surface area contributed by atoms with Crippen molar-refractivity contribution in [1.29, 1.82) is 0 Å². The second-order valence-electron chi connectivity index (χ2n) is 15.1. The molecule has 0 aliphatic rings. The lowest BCUT2D eigenvalue weighted by Crippen LogP contribution is -2.01. The Bertz CT molecular complexity index is 1400. The van der Waals surface area contributed by atoms with Crippen LogP contribution in [-0.2, 0) is 0 Å². The van der Waals surface area contributed by atoms with Crippen LogP contribution < -0.4 is 4.74 Å². The number of unbranched alkanes of at least 4 members (excludes halogenated alkanes) is 18. The molecular weight excluding hydrogens is 763 g/mol. The zero-order valence-corrected chi connectivity index (χ0v) is 42.6. The lowest BCUT2D eigenvalue weighted by molar-refractivity contribution is 0.416. The minimum atomic E-state index is 0.0583. The molecule has 0 radical (unpaired) electrons. The van der Waals surface area contributed by atoms with E-state index in [-0.39, 0.29) is 11.5 Å². The second kappa shape index (κ2) is 48.1. The molecule has 4 rings (SSSR count). The van der Waals surface area contributed by atoms with Crippen molar-refractivity contribution in [3.05, 3.63) is 72.8 Å². The SMILES string of the molecule is CC.CC.CCC.CCC.CCCCCCCCCCCC.CCCCCCCCCCCC.COc1ccccc1-c1nc(-c2ccccc2O)nc(-c2ccccc2O)n1. The third kappa shape index (κ3) is 31.8. The first-order valence-electron chi connectivity index (χ1n) is 25.3. The Labute approximate surface area is 384 Å². The number of hydrogen-bond donors (Lipinski definition) is 2. The number of benzene rings is 3. The van der Waals surface area contributed by atoms with Crippen LogP contribution in [0.25, 0.3) is 34.2 Å². The van der Waals surface area contributed by atoms with E-state index in [9.17, 15) is 10.2 Å². The number of phenols is 2. The molecule has 3 aromatic carbocycles. The van der Waals surface area contributed by atoms with Gasteiger partial charge in [0.2, 0.25) is 0 Å². The molecule has 0 saturated heterocycles. The van der Waals surface area contributed by atoms with Crippen molar-refractivity contribution < 1.29 is 14.9 Å². The molecule has 0 aliphatic heterocycles. The molecule has 1 aromatic heterocycles. The number of aromatic hydroxyl groups is 2. The number of nitrogens with zero attached hydrogens (tertiary/aromatic N) is 3. The van der Waals surface area contributed by atoms with Crippen molar-refractivity contribution in [2.45, 2.75) is 224 Å². The second-order valence-corrected chi connectivity index (χ2v) is 15.1. The molecule has 0 fully saturated rings. The number of ether oxygens (including phenoxy) is 1. The Morgan fingerprint density at radius 1 is 0.355 bits per heavy atom. The van der Waals surface area contributed by atoms with Crippen molar-refractivity contribution in [3.63, 3.8) is 0 Å². The van der Waals surface area contributed by atoms with Gasteiger partial charge in [-0.1, -0.05) is 261 Å². The molecule has 0 atom stereocenters. The molecule has 6 heteroatoms. The van der Waals surface area contributed by atoms with E-state index >= 15 is 0 Å². The van der Waals surface area contributed by atoms with Crippen LogP contribution in [0.4, 0.5) is 0 Å². The van der Waals surface area contributed by atoms with Gasteiger partial charge in [-0.15, -0.1) is 0 Å². The first-order valence-corrected chi connectivity index (χ1v) is 25.3. The number of phenolic OH excluding ortho intramolecular Hbond substituents is 2. The van der Waals surface area contributed by atoms with Crippen molar-refractivity contribution in [2.75, 3.05) is 7.11 Å². The summed E-state index contributed by atoms with van der Waals surface area (Å²) in [6, 6.07) is 21.0. The van der Waals surface area contributed by atoms with Gasteiger partial charge in [0.05, 0.1) is 23.8 Å². The monoisotopic (exact) mass is 860 g/mol. The maximum atomic E-state index is 10.3. The zero-order chi connectivity index (χ0) is 47.1. The summed E-state index contributed by atoms with van der Waals surface area (Å²) in [7, 11) is 1.58. The highest BCUT2D eigenvalue weighted by atomic mass is 16.5. The smallest absolute Gasteiger partial charge is 0.167 e. The first-order chi connectivity index (χ1) is 30.3. The maximum absolute atomic E-state index is 10.3. The topological polar surface area (TPSA) is 88.4 Å². The Morgan fingerprint density at radius 2 is 0.581 bits per heavy atom. The Morgan fingerprint density at radius 3 is 0.839 bits per heavy atom. The van der Waals surface area contributed by atoms with Crippen LogP contribution in [0.5, 0.6) is 17.2 Å². The van der Waals surface area contributed by atoms with Gasteiger partial charge in [-0.3, -0.25) is 0 Å². The summed E-state index contributed by atoms with van der Waals surface area (Å²) < 4.78 is 5.44. The third-order valence-corrected chi connectivity index (χ3v) is 9.19. The Hall–Kier alpha value is -3.93. The highest BCUT2D eigenvalue weighted by Crippen LogP contribution is 2.34. The summed E-state index contributed by atoms with van der Waals surface area (Å²) in [4.78, 5) is 13.6. The summed E-state index contributed by atoms with van der Waals surface area (Å²) in [6.45, 7) is 25.6. The summed E-state index contributed by atoms with van der Waals surface area (Å²) in [5, 5.41) is 20.5. The highest BCUT2D eigenvalue weighted by Gasteiger charge is 2.17. The lowest BCUT2D eigenvalue weighted by atomic mass is 10.1. The van der Waals surface area contributed by atoms with Crippen molar-refractivity contribution in [2.24, 2.45) is 0 Å². The van der Waals surface area contributed by atoms with E-state index in [1.807, 2.05) is 52.0 Å². The number of rotatable bonds is 22. The van der Waals surface area contributed by atoms with Gasteiger partial charge in [-0.2, -0.15) is 0 Å². The van der Waals surface area contributed by atoms with E-state index in [2.05, 4.69) is 70.3 Å². The molecular formula is C56H97N3O3. The minimum Gasteiger partial charge on any atom is -0.507 e. The van der Waals surface area contributed by atoms with Gasteiger partial charge in [-0.25, -0.2) is 15.0 Å². The maximum Gasteiger partial charge on any atom is 0.167 e. The third-order valence-electron chi connectivity index (χ3n) is 9.19. The predicted molar refractivity (Wildman–Crippen MR) is 276 cm³/mol. The zero-order valence-electron chi connectivity index (χ0n) is 42.6. The lowest BCUT2D eigenvalue weighted by Gasteiger charge is -2.11. The molecule has 1 heterocycles. The molecule has 0 amide bonds. The predicted octanol–water partition coefficient (Wildman–Crippen LogP) is 19.0. The number of hydrogen-bond acceptors (Lipinski definition) is 6. The molecule has 6 nitrogen and oxygen atoms in total. The van der Waals surface area contributed by atoms with E-state index in [0.717, 1.165) is 0 Å². The quantitative estimate of drug-likeness (QED) is 0.0765. The van der Waals surface area contributed by atoms with E-state index in [1.54, 1.807) is 55.6 Å². The molecule has 0 bridgehead atoms. The van der Waals surface area contributed by atoms with E-state index < -0.39 is 0 Å². The standard InChI is InChI=1S/C22H17N3O3.2C12H26.2C3H8.2C2H6/c1-28-19-13-7-4-10-16(19)22-24-20(14-8-2-5-11-17(14)26)23-21(25-22)15-9-3-6-12-18(15)27;2*1-3-5-7-9-11-12-10-8-6-4-2;2*1-3-2;2*1-2/h2-13,26-27H,1H3;2*3-12H2,1-2H3;2*3H2,1-2H3;2*1-2H3. The molecule has 62 heavy (non-hydrogen) atoms. The van der Waals surface area contributed by atoms with Gasteiger partial charge in [-0.05, 0) is 36.4 Å². The summed E-state index contributed by atoms with van der Waals surface area (Å²) in [5.74, 6) is 1.70. The van der Waals surface area contributed by atoms with Crippen molar-refractivity contribution >= 4 is 0 Å². The first kappa shape index (κ1) is 62.4. The van der Waals surface area contributed by atoms with E-state index in [0.29, 0.717) is 39.9 Å². The fourth-order valence-electron chi connectivity index (χ4n) is 6.01. The van der Waals surface area contributed by atoms with Crippen LogP contribution in [-0.4, -0.2) is 32.3 Å². The van der Waals surface area contributed by atoms with Crippen LogP contribution in [0.1, 0.15) is 224 Å². The van der Waals surface area contributed by atoms with Gasteiger partial charge in [0, 0.05) is 0 Å². The summed E-state index contributed by atoms with van der Waals surface area (Å²) in [5.41, 5.74) is 1.62. The van der Waals surface area contributed by atoms with Gasteiger partial charge in [0.25, 0.3) is 0 Å². The van der Waals surface area contributed by atoms with E-state index in [1.165, 1.54) is 141 Å². The van der Waals surface area contributed by atoms with Crippen molar-refractivity contribution in [1.82, 2.24) is 15.0 Å². The van der Waals surface area contributed by atoms with Gasteiger partial charge in [0.1, 0.15) is 17.2 Å². The number of aromatic nitrogens is 3.